The van der Waals surface area contributed by atoms with Crippen molar-refractivity contribution in [2.75, 3.05) is 25.3 Å². The largest absolute Gasteiger partial charge is 0.370 e. The van der Waals surface area contributed by atoms with Crippen LogP contribution in [0, 0.1) is 0 Å². The first kappa shape index (κ1) is 18.1. The summed E-state index contributed by atoms with van der Waals surface area (Å²) in [7, 11) is -1.09. The fraction of sp³-hybridized carbons (Fsp3) is 0.353. The quantitative estimate of drug-likeness (QED) is 0.490. The molecule has 1 aliphatic rings. The second-order valence-electron chi connectivity index (χ2n) is 6.06. The molecule has 2 unspecified atom stereocenters. The van der Waals surface area contributed by atoms with Gasteiger partial charge in [-0.15, -0.1) is 0 Å². The molecule has 9 nitrogen and oxygen atoms in total. The first-order valence-corrected chi connectivity index (χ1v) is 9.97. The summed E-state index contributed by atoms with van der Waals surface area (Å²) >= 11 is 0. The molecule has 2 aromatic heterocycles. The van der Waals surface area contributed by atoms with Gasteiger partial charge in [0.05, 0.1) is 25.6 Å². The normalized spacial score (nSPS) is 20.1. The van der Waals surface area contributed by atoms with Crippen LogP contribution in [0.15, 0.2) is 41.5 Å². The van der Waals surface area contributed by atoms with Crippen LogP contribution in [0.25, 0.3) is 11.2 Å². The van der Waals surface area contributed by atoms with E-state index in [4.69, 9.17) is 19.5 Å². The van der Waals surface area contributed by atoms with Gasteiger partial charge in [-0.25, -0.2) is 4.98 Å². The predicted molar refractivity (Wildman–Crippen MR) is 101 cm³/mol. The van der Waals surface area contributed by atoms with E-state index in [2.05, 4.69) is 27.1 Å². The zero-order chi connectivity index (χ0) is 18.6. The molecule has 0 amide bonds. The molecule has 0 saturated carbocycles. The highest BCUT2D eigenvalue weighted by atomic mass is 31.2. The Morgan fingerprint density at radius 2 is 2.22 bits per heavy atom. The topological polar surface area (TPSA) is 117 Å². The summed E-state index contributed by atoms with van der Waals surface area (Å²) in [6.07, 6.45) is 2.83. The van der Waals surface area contributed by atoms with Gasteiger partial charge in [-0.1, -0.05) is 30.3 Å². The van der Waals surface area contributed by atoms with Crippen molar-refractivity contribution < 1.29 is 13.8 Å². The number of hydrogen-bond donors (Lipinski definition) is 2. The summed E-state index contributed by atoms with van der Waals surface area (Å²) in [4.78, 5) is 22.4. The summed E-state index contributed by atoms with van der Waals surface area (Å²) in [5.41, 5.74) is 7.11. The van der Waals surface area contributed by atoms with Crippen molar-refractivity contribution in [1.29, 1.82) is 0 Å². The first-order valence-electron chi connectivity index (χ1n) is 8.61. The number of H-pyrrole nitrogens is 1. The maximum absolute atomic E-state index is 11.8. The Hall–Kier alpha value is -2.32. The van der Waals surface area contributed by atoms with Crippen LogP contribution >= 0.6 is 8.38 Å². The van der Waals surface area contributed by atoms with E-state index in [9.17, 15) is 4.79 Å². The molecule has 3 N–H and O–H groups in total. The Labute approximate surface area is 156 Å². The van der Waals surface area contributed by atoms with Crippen molar-refractivity contribution in [3.8, 4) is 0 Å². The van der Waals surface area contributed by atoms with Gasteiger partial charge in [0.1, 0.15) is 6.35 Å². The zero-order valence-corrected chi connectivity index (χ0v) is 15.5. The molecule has 4 rings (SSSR count). The smallest absolute Gasteiger partial charge is 0.280 e. The Bertz CT molecular complexity index is 961. The molecule has 3 heterocycles. The van der Waals surface area contributed by atoms with Crippen molar-refractivity contribution >= 4 is 25.5 Å². The highest BCUT2D eigenvalue weighted by Gasteiger charge is 2.25. The van der Waals surface area contributed by atoms with E-state index in [1.165, 1.54) is 0 Å². The van der Waals surface area contributed by atoms with Gasteiger partial charge < -0.3 is 24.1 Å². The maximum Gasteiger partial charge on any atom is 0.280 e. The van der Waals surface area contributed by atoms with Gasteiger partial charge in [-0.2, -0.15) is 4.98 Å². The van der Waals surface area contributed by atoms with Gasteiger partial charge in [0.25, 0.3) is 5.56 Å². The molecular weight excluding hydrogens is 369 g/mol. The molecule has 1 saturated heterocycles. The lowest BCUT2D eigenvalue weighted by molar-refractivity contribution is 0.0820. The highest BCUT2D eigenvalue weighted by molar-refractivity contribution is 7.47. The van der Waals surface area contributed by atoms with Crippen LogP contribution in [0.1, 0.15) is 18.1 Å². The summed E-state index contributed by atoms with van der Waals surface area (Å²) in [5, 5.41) is 0. The Kier molecular flexibility index (Phi) is 5.45. The van der Waals surface area contributed by atoms with Crippen molar-refractivity contribution in [2.24, 2.45) is 0 Å². The molecule has 10 heteroatoms. The molecule has 142 valence electrons. The van der Waals surface area contributed by atoms with Crippen LogP contribution in [-0.2, 0) is 20.3 Å². The number of nitrogens with one attached hydrogen (secondary N) is 1. The number of ether oxygens (including phenoxy) is 1. The predicted octanol–water partition coefficient (Wildman–Crippen LogP) is 2.17. The number of benzene rings is 1. The summed E-state index contributed by atoms with van der Waals surface area (Å²) in [5.74, 6) is 0.0644. The molecule has 1 fully saturated rings. The van der Waals surface area contributed by atoms with Crippen molar-refractivity contribution in [1.82, 2.24) is 19.5 Å². The molecule has 0 radical (unpaired) electrons. The minimum atomic E-state index is -1.09. The number of rotatable bonds is 6. The monoisotopic (exact) mass is 389 g/mol. The fourth-order valence-electron chi connectivity index (χ4n) is 2.89. The van der Waals surface area contributed by atoms with Crippen molar-refractivity contribution in [3.63, 3.8) is 0 Å². The number of anilines is 1. The number of nitrogens with two attached hydrogens (primary N) is 1. The number of nitrogens with zero attached hydrogens (tertiary/aromatic N) is 3. The average Bonchev–Trinajstić information content (AvgIpc) is 3.09. The van der Waals surface area contributed by atoms with E-state index in [0.717, 1.165) is 12.0 Å². The minimum absolute atomic E-state index is 0.0474. The van der Waals surface area contributed by atoms with E-state index >= 15 is 0 Å². The van der Waals surface area contributed by atoms with Gasteiger partial charge in [-0.05, 0) is 5.56 Å². The van der Waals surface area contributed by atoms with Crippen LogP contribution in [0.5, 0.6) is 0 Å². The molecule has 3 aromatic rings. The van der Waals surface area contributed by atoms with Gasteiger partial charge in [0.2, 0.25) is 5.95 Å². The lowest BCUT2D eigenvalue weighted by Gasteiger charge is -2.29. The van der Waals surface area contributed by atoms with E-state index < -0.39 is 8.38 Å². The van der Waals surface area contributed by atoms with Crippen LogP contribution in [0.3, 0.4) is 0 Å². The lowest BCUT2D eigenvalue weighted by atomic mass is 10.1. The number of aromatic amines is 1. The molecule has 2 atom stereocenters. The van der Waals surface area contributed by atoms with Gasteiger partial charge in [0, 0.05) is 13.0 Å². The standard InChI is InChI=1S/C17H20N5O4P/c18-17-20-15-14(16(23)21-17)19-10-22(15)7-9-24-11-27-25-8-6-13(26-27)12-4-2-1-3-5-12/h1-5,10,13H,6-9,11H2,(H3,18,20,21,23). The lowest BCUT2D eigenvalue weighted by Crippen LogP contribution is -2.15. The summed E-state index contributed by atoms with van der Waals surface area (Å²) < 4.78 is 19.2. The van der Waals surface area contributed by atoms with Crippen LogP contribution in [0.4, 0.5) is 5.95 Å². The molecular formula is C17H20N5O4P. The van der Waals surface area contributed by atoms with Gasteiger partial charge >= 0.3 is 0 Å². The Morgan fingerprint density at radius 1 is 1.37 bits per heavy atom. The Morgan fingerprint density at radius 3 is 3.07 bits per heavy atom. The van der Waals surface area contributed by atoms with E-state index in [-0.39, 0.29) is 23.1 Å². The molecule has 1 aliphatic heterocycles. The zero-order valence-electron chi connectivity index (χ0n) is 14.6. The molecule has 1 aromatic carbocycles. The van der Waals surface area contributed by atoms with E-state index in [0.29, 0.717) is 31.8 Å². The van der Waals surface area contributed by atoms with Crippen molar-refractivity contribution in [3.05, 3.63) is 52.6 Å². The van der Waals surface area contributed by atoms with Gasteiger partial charge in [0.15, 0.2) is 19.5 Å². The molecule has 0 spiro atoms. The average molecular weight is 389 g/mol. The number of imidazole rings is 1. The number of aromatic nitrogens is 4. The second kappa shape index (κ2) is 8.14. The van der Waals surface area contributed by atoms with E-state index in [1.54, 1.807) is 10.9 Å². The minimum Gasteiger partial charge on any atom is -0.370 e. The second-order valence-corrected chi connectivity index (χ2v) is 7.45. The van der Waals surface area contributed by atoms with E-state index in [1.807, 2.05) is 18.2 Å². The molecule has 27 heavy (non-hydrogen) atoms. The third kappa shape index (κ3) is 4.17. The SMILES string of the molecule is Nc1nc2c(ncn2CCOCP2OCCC(c3ccccc3)O2)c(=O)[nH]1. The number of fused-ring (bicyclic) bond motifs is 1. The molecule has 0 aliphatic carbocycles. The van der Waals surface area contributed by atoms with Crippen LogP contribution in [0.2, 0.25) is 0 Å². The number of nitrogen functional groups attached to an aromatic ring is 1. The van der Waals surface area contributed by atoms with Crippen LogP contribution < -0.4 is 11.3 Å². The van der Waals surface area contributed by atoms with Crippen molar-refractivity contribution in [2.45, 2.75) is 19.1 Å². The third-order valence-corrected chi connectivity index (χ3v) is 5.55. The number of hydrogen-bond acceptors (Lipinski definition) is 7. The fourth-order valence-corrected chi connectivity index (χ4v) is 4.18. The third-order valence-electron chi connectivity index (χ3n) is 4.20. The molecule has 0 bridgehead atoms. The summed E-state index contributed by atoms with van der Waals surface area (Å²) in [6.45, 7) is 1.58. The van der Waals surface area contributed by atoms with Gasteiger partial charge in [-0.3, -0.25) is 9.78 Å². The maximum atomic E-state index is 11.8. The first-order chi connectivity index (χ1) is 13.2. The Balaban J connectivity index is 1.30. The highest BCUT2D eigenvalue weighted by Crippen LogP contribution is 2.48. The van der Waals surface area contributed by atoms with Crippen LogP contribution in [-0.4, -0.2) is 39.1 Å². The summed E-state index contributed by atoms with van der Waals surface area (Å²) in [6, 6.07) is 10.1.